The van der Waals surface area contributed by atoms with Crippen molar-refractivity contribution in [1.29, 1.82) is 5.26 Å². The molecule has 0 bridgehead atoms. The molecule has 0 aromatic heterocycles. The highest BCUT2D eigenvalue weighted by Crippen LogP contribution is 2.18. The first-order valence-electron chi connectivity index (χ1n) is 5.64. The van der Waals surface area contributed by atoms with Gasteiger partial charge in [-0.3, -0.25) is 4.79 Å². The normalized spacial score (nSPS) is 9.61. The maximum atomic E-state index is 11.1. The molecule has 0 fully saturated rings. The molecule has 96 valence electrons. The smallest absolute Gasteiger partial charge is 0.319 e. The largest absolute Gasteiger partial charge is 0.495 e. The van der Waals surface area contributed by atoms with Crippen LogP contribution in [0.3, 0.4) is 0 Å². The summed E-state index contributed by atoms with van der Waals surface area (Å²) in [5, 5.41) is 11.9. The topological polar surface area (TPSA) is 71.3 Å². The number of hydrogen-bond acceptors (Lipinski definition) is 5. The molecule has 0 saturated carbocycles. The minimum atomic E-state index is -0.286. The van der Waals surface area contributed by atoms with Gasteiger partial charge in [0.25, 0.3) is 0 Å². The fourth-order valence-electron chi connectivity index (χ4n) is 1.47. The molecule has 1 N–H and O–H groups in total. The molecular weight excluding hydrogens is 232 g/mol. The van der Waals surface area contributed by atoms with Gasteiger partial charge in [0.2, 0.25) is 0 Å². The Morgan fingerprint density at radius 2 is 2.28 bits per heavy atom. The lowest BCUT2D eigenvalue weighted by molar-refractivity contribution is -0.142. The molecule has 0 aliphatic rings. The maximum absolute atomic E-state index is 11.1. The van der Waals surface area contributed by atoms with Crippen molar-refractivity contribution in [3.63, 3.8) is 0 Å². The average Bonchev–Trinajstić information content (AvgIpc) is 2.38. The van der Waals surface area contributed by atoms with Gasteiger partial charge in [0.1, 0.15) is 11.8 Å². The number of esters is 1. The van der Waals surface area contributed by atoms with Crippen LogP contribution in [0.5, 0.6) is 5.75 Å². The molecule has 1 rings (SSSR count). The van der Waals surface area contributed by atoms with Gasteiger partial charge in [-0.05, 0) is 24.6 Å². The first-order valence-corrected chi connectivity index (χ1v) is 5.64. The molecule has 1 aromatic carbocycles. The van der Waals surface area contributed by atoms with Crippen molar-refractivity contribution in [2.24, 2.45) is 0 Å². The molecule has 18 heavy (non-hydrogen) atoms. The lowest BCUT2D eigenvalue weighted by atomic mass is 10.1. The zero-order chi connectivity index (χ0) is 13.4. The molecule has 5 nitrogen and oxygen atoms in total. The molecule has 0 aliphatic carbocycles. The first-order chi connectivity index (χ1) is 8.71. The third kappa shape index (κ3) is 4.07. The number of nitrogens with one attached hydrogen (secondary N) is 1. The fourth-order valence-corrected chi connectivity index (χ4v) is 1.47. The number of benzene rings is 1. The van der Waals surface area contributed by atoms with Gasteiger partial charge < -0.3 is 14.8 Å². The Balaban J connectivity index is 2.53. The highest BCUT2D eigenvalue weighted by Gasteiger charge is 2.04. The average molecular weight is 248 g/mol. The van der Waals surface area contributed by atoms with Crippen molar-refractivity contribution in [2.45, 2.75) is 13.5 Å². The quantitative estimate of drug-likeness (QED) is 0.766. The van der Waals surface area contributed by atoms with Gasteiger partial charge in [-0.2, -0.15) is 5.26 Å². The van der Waals surface area contributed by atoms with Crippen LogP contribution < -0.4 is 10.1 Å². The molecule has 0 amide bonds. The van der Waals surface area contributed by atoms with E-state index in [0.717, 1.165) is 5.56 Å². The zero-order valence-corrected chi connectivity index (χ0v) is 10.5. The molecule has 0 aliphatic heterocycles. The van der Waals surface area contributed by atoms with Crippen molar-refractivity contribution in [1.82, 2.24) is 5.32 Å². The van der Waals surface area contributed by atoms with Gasteiger partial charge in [0.15, 0.2) is 0 Å². The predicted molar refractivity (Wildman–Crippen MR) is 66.0 cm³/mol. The molecule has 0 radical (unpaired) electrons. The van der Waals surface area contributed by atoms with Crippen LogP contribution >= 0.6 is 0 Å². The van der Waals surface area contributed by atoms with Gasteiger partial charge in [-0.25, -0.2) is 0 Å². The van der Waals surface area contributed by atoms with Crippen LogP contribution in [0.2, 0.25) is 0 Å². The van der Waals surface area contributed by atoms with E-state index in [1.54, 1.807) is 19.1 Å². The minimum absolute atomic E-state index is 0.155. The SMILES string of the molecule is CCOC(=O)CNCc1ccc(OC)c(C#N)c1. The fraction of sp³-hybridized carbons (Fsp3) is 0.385. The summed E-state index contributed by atoms with van der Waals surface area (Å²) in [6.45, 7) is 2.79. The lowest BCUT2D eigenvalue weighted by Gasteiger charge is -2.07. The number of nitriles is 1. The number of ether oxygens (including phenoxy) is 2. The van der Waals surface area contributed by atoms with Crippen molar-refractivity contribution in [3.8, 4) is 11.8 Å². The van der Waals surface area contributed by atoms with E-state index >= 15 is 0 Å². The van der Waals surface area contributed by atoms with Gasteiger partial charge in [-0.15, -0.1) is 0 Å². The minimum Gasteiger partial charge on any atom is -0.495 e. The van der Waals surface area contributed by atoms with Crippen LogP contribution in [-0.4, -0.2) is 26.2 Å². The monoisotopic (exact) mass is 248 g/mol. The van der Waals surface area contributed by atoms with Gasteiger partial charge in [0.05, 0.1) is 25.8 Å². The third-order valence-corrected chi connectivity index (χ3v) is 2.29. The number of hydrogen-bond donors (Lipinski definition) is 1. The summed E-state index contributed by atoms with van der Waals surface area (Å²) in [5.41, 5.74) is 1.39. The summed E-state index contributed by atoms with van der Waals surface area (Å²) in [6, 6.07) is 7.38. The molecule has 0 unspecified atom stereocenters. The van der Waals surface area contributed by atoms with Gasteiger partial charge in [0, 0.05) is 6.54 Å². The van der Waals surface area contributed by atoms with Crippen molar-refractivity contribution < 1.29 is 14.3 Å². The van der Waals surface area contributed by atoms with E-state index < -0.39 is 0 Å². The summed E-state index contributed by atoms with van der Waals surface area (Å²) >= 11 is 0. The van der Waals surface area contributed by atoms with E-state index in [9.17, 15) is 4.79 Å². The number of carbonyl (C=O) groups excluding carboxylic acids is 1. The summed E-state index contributed by atoms with van der Waals surface area (Å²) < 4.78 is 9.84. The molecule has 5 heteroatoms. The standard InChI is InChI=1S/C13H16N2O3/c1-3-18-13(16)9-15-8-10-4-5-12(17-2)11(6-10)7-14/h4-6,15H,3,8-9H2,1-2H3. The predicted octanol–water partition coefficient (Wildman–Crippen LogP) is 1.22. The Bertz CT molecular complexity index is 452. The number of methoxy groups -OCH3 is 1. The number of carbonyl (C=O) groups is 1. The van der Waals surface area contributed by atoms with E-state index in [4.69, 9.17) is 14.7 Å². The van der Waals surface area contributed by atoms with E-state index in [2.05, 4.69) is 11.4 Å². The van der Waals surface area contributed by atoms with Crippen molar-refractivity contribution >= 4 is 5.97 Å². The van der Waals surface area contributed by atoms with Crippen LogP contribution in [0.1, 0.15) is 18.1 Å². The highest BCUT2D eigenvalue weighted by atomic mass is 16.5. The third-order valence-electron chi connectivity index (χ3n) is 2.29. The highest BCUT2D eigenvalue weighted by molar-refractivity contribution is 5.71. The van der Waals surface area contributed by atoms with Crippen LogP contribution in [0.15, 0.2) is 18.2 Å². The number of rotatable bonds is 6. The van der Waals surface area contributed by atoms with Gasteiger partial charge >= 0.3 is 5.97 Å². The molecule has 0 saturated heterocycles. The summed E-state index contributed by atoms with van der Waals surface area (Å²) in [7, 11) is 1.52. The van der Waals surface area contributed by atoms with Crippen LogP contribution in [0, 0.1) is 11.3 Å². The summed E-state index contributed by atoms with van der Waals surface area (Å²) in [6.07, 6.45) is 0. The summed E-state index contributed by atoms with van der Waals surface area (Å²) in [5.74, 6) is 0.262. The second-order valence-electron chi connectivity index (χ2n) is 3.56. The second-order valence-corrected chi connectivity index (χ2v) is 3.56. The van der Waals surface area contributed by atoms with E-state index in [0.29, 0.717) is 24.5 Å². The molecule has 0 spiro atoms. The zero-order valence-electron chi connectivity index (χ0n) is 10.5. The van der Waals surface area contributed by atoms with E-state index in [1.165, 1.54) is 7.11 Å². The number of nitrogens with zero attached hydrogens (tertiary/aromatic N) is 1. The second kappa shape index (κ2) is 7.30. The van der Waals surface area contributed by atoms with Crippen molar-refractivity contribution in [2.75, 3.05) is 20.3 Å². The van der Waals surface area contributed by atoms with E-state index in [1.807, 2.05) is 6.07 Å². The molecular formula is C13H16N2O3. The molecule has 0 heterocycles. The molecule has 0 atom stereocenters. The van der Waals surface area contributed by atoms with Crippen LogP contribution in [0.4, 0.5) is 0 Å². The Hall–Kier alpha value is -2.06. The first kappa shape index (κ1) is 14.0. The summed E-state index contributed by atoms with van der Waals surface area (Å²) in [4.78, 5) is 11.1. The lowest BCUT2D eigenvalue weighted by Crippen LogP contribution is -2.24. The Morgan fingerprint density at radius 1 is 1.50 bits per heavy atom. The van der Waals surface area contributed by atoms with E-state index in [-0.39, 0.29) is 12.5 Å². The van der Waals surface area contributed by atoms with Crippen molar-refractivity contribution in [3.05, 3.63) is 29.3 Å². The maximum Gasteiger partial charge on any atom is 0.319 e. The van der Waals surface area contributed by atoms with Gasteiger partial charge in [-0.1, -0.05) is 6.07 Å². The molecule has 1 aromatic rings. The van der Waals surface area contributed by atoms with Crippen LogP contribution in [-0.2, 0) is 16.1 Å². The Labute approximate surface area is 106 Å². The van der Waals surface area contributed by atoms with Crippen LogP contribution in [0.25, 0.3) is 0 Å². The Morgan fingerprint density at radius 3 is 2.89 bits per heavy atom. The Kier molecular flexibility index (Phi) is 5.68.